The lowest BCUT2D eigenvalue weighted by atomic mass is 9.72. The lowest BCUT2D eigenvalue weighted by molar-refractivity contribution is -0.147. The maximum Gasteiger partial charge on any atom is 0.233 e. The summed E-state index contributed by atoms with van der Waals surface area (Å²) in [7, 11) is 0. The number of piperidine rings is 1. The van der Waals surface area contributed by atoms with Gasteiger partial charge in [-0.1, -0.05) is 30.3 Å². The van der Waals surface area contributed by atoms with E-state index in [9.17, 15) is 4.79 Å². The Morgan fingerprint density at radius 2 is 1.76 bits per heavy atom. The third kappa shape index (κ3) is 3.42. The smallest absolute Gasteiger partial charge is 0.233 e. The van der Waals surface area contributed by atoms with Gasteiger partial charge in [-0.2, -0.15) is 0 Å². The summed E-state index contributed by atoms with van der Waals surface area (Å²) in [6.45, 7) is 1.30. The highest BCUT2D eigenvalue weighted by atomic mass is 16.5. The predicted molar refractivity (Wildman–Crippen MR) is 110 cm³/mol. The van der Waals surface area contributed by atoms with Crippen LogP contribution in [-0.2, 0) is 14.9 Å². The third-order valence-electron chi connectivity index (χ3n) is 6.94. The zero-order valence-electron chi connectivity index (χ0n) is 16.7. The Bertz CT molecular complexity index is 822. The summed E-state index contributed by atoms with van der Waals surface area (Å²) in [5.41, 5.74) is 0.693. The summed E-state index contributed by atoms with van der Waals surface area (Å²) in [6, 6.07) is 14.7. The number of hydrogen-bond acceptors (Lipinski definition) is 4. The van der Waals surface area contributed by atoms with E-state index in [1.165, 1.54) is 0 Å². The van der Waals surface area contributed by atoms with Crippen LogP contribution in [0.1, 0.15) is 44.1 Å². The molecule has 0 N–H and O–H groups in total. The van der Waals surface area contributed by atoms with Crippen LogP contribution < -0.4 is 4.74 Å². The number of carbonyl (C=O) groups is 1. The number of hydrogen-bond donors (Lipinski definition) is 0. The van der Waals surface area contributed by atoms with Crippen LogP contribution in [0.25, 0.3) is 0 Å². The molecule has 0 spiro atoms. The van der Waals surface area contributed by atoms with Gasteiger partial charge in [0.25, 0.3) is 0 Å². The minimum Gasteiger partial charge on any atom is -0.489 e. The molecule has 0 aliphatic carbocycles. The number of ether oxygens (including phenoxy) is 2. The third-order valence-corrected chi connectivity index (χ3v) is 6.94. The number of pyridine rings is 1. The summed E-state index contributed by atoms with van der Waals surface area (Å²) in [4.78, 5) is 20.4. The molecule has 1 amide bonds. The second kappa shape index (κ2) is 7.79. The zero-order chi connectivity index (χ0) is 19.7. The fraction of sp³-hybridized carbons (Fsp3) is 0.500. The number of amides is 1. The molecule has 1 aromatic heterocycles. The van der Waals surface area contributed by atoms with E-state index in [4.69, 9.17) is 9.47 Å². The minimum atomic E-state index is -0.447. The number of nitrogens with zero attached hydrogens (tertiary/aromatic N) is 2. The highest BCUT2D eigenvalue weighted by Crippen LogP contribution is 2.44. The average molecular weight is 392 g/mol. The SMILES string of the molecule is O=C(N1C2CCC1CC(Oc1cccnc1)C2)C1(c2ccccc2)CCOCC1. The Morgan fingerprint density at radius 1 is 1.03 bits per heavy atom. The van der Waals surface area contributed by atoms with Gasteiger partial charge in [0.05, 0.1) is 11.6 Å². The predicted octanol–water partition coefficient (Wildman–Crippen LogP) is 3.73. The molecule has 152 valence electrons. The molecule has 4 heterocycles. The van der Waals surface area contributed by atoms with Crippen LogP contribution in [0.3, 0.4) is 0 Å². The van der Waals surface area contributed by atoms with Crippen molar-refractivity contribution in [2.75, 3.05) is 13.2 Å². The van der Waals surface area contributed by atoms with Crippen molar-refractivity contribution in [1.29, 1.82) is 0 Å². The lowest BCUT2D eigenvalue weighted by Gasteiger charge is -2.46. The molecule has 5 nitrogen and oxygen atoms in total. The molecule has 0 saturated carbocycles. The molecule has 1 aromatic carbocycles. The second-order valence-corrected chi connectivity index (χ2v) is 8.56. The Kier molecular flexibility index (Phi) is 5.00. The maximum atomic E-state index is 14.0. The summed E-state index contributed by atoms with van der Waals surface area (Å²) in [5, 5.41) is 0. The van der Waals surface area contributed by atoms with Gasteiger partial charge in [-0.15, -0.1) is 0 Å². The molecule has 3 aliphatic heterocycles. The molecular weight excluding hydrogens is 364 g/mol. The summed E-state index contributed by atoms with van der Waals surface area (Å²) in [6.07, 6.45) is 9.17. The summed E-state index contributed by atoms with van der Waals surface area (Å²) >= 11 is 0. The van der Waals surface area contributed by atoms with Crippen LogP contribution >= 0.6 is 0 Å². The monoisotopic (exact) mass is 392 g/mol. The van der Waals surface area contributed by atoms with Gasteiger partial charge in [-0.25, -0.2) is 0 Å². The van der Waals surface area contributed by atoms with E-state index in [0.717, 1.165) is 49.8 Å². The van der Waals surface area contributed by atoms with E-state index >= 15 is 0 Å². The van der Waals surface area contributed by atoms with Gasteiger partial charge in [0.2, 0.25) is 5.91 Å². The first kappa shape index (κ1) is 18.6. The molecule has 2 unspecified atom stereocenters. The molecule has 3 aliphatic rings. The van der Waals surface area contributed by atoms with Gasteiger partial charge < -0.3 is 14.4 Å². The van der Waals surface area contributed by atoms with E-state index in [1.807, 2.05) is 30.3 Å². The Labute approximate surface area is 172 Å². The number of aromatic nitrogens is 1. The van der Waals surface area contributed by atoms with Crippen LogP contribution in [0.15, 0.2) is 54.9 Å². The first-order valence-electron chi connectivity index (χ1n) is 10.8. The molecule has 5 heteroatoms. The maximum absolute atomic E-state index is 14.0. The van der Waals surface area contributed by atoms with Crippen molar-refractivity contribution in [3.63, 3.8) is 0 Å². The zero-order valence-corrected chi connectivity index (χ0v) is 16.7. The van der Waals surface area contributed by atoms with Gasteiger partial charge >= 0.3 is 0 Å². The van der Waals surface area contributed by atoms with Crippen LogP contribution in [0.4, 0.5) is 0 Å². The Balaban J connectivity index is 1.37. The molecule has 29 heavy (non-hydrogen) atoms. The van der Waals surface area contributed by atoms with Gasteiger partial charge in [-0.05, 0) is 43.4 Å². The van der Waals surface area contributed by atoms with Crippen LogP contribution in [0.5, 0.6) is 5.75 Å². The molecule has 3 fully saturated rings. The average Bonchev–Trinajstić information content (AvgIpc) is 3.05. The molecule has 2 aromatic rings. The van der Waals surface area contributed by atoms with Crippen LogP contribution in [0.2, 0.25) is 0 Å². The fourth-order valence-corrected chi connectivity index (χ4v) is 5.51. The number of benzene rings is 1. The first-order valence-corrected chi connectivity index (χ1v) is 10.8. The van der Waals surface area contributed by atoms with E-state index in [1.54, 1.807) is 12.4 Å². The van der Waals surface area contributed by atoms with Gasteiger partial charge in [0.15, 0.2) is 0 Å². The normalized spacial score (nSPS) is 28.1. The molecular formula is C24H28N2O3. The van der Waals surface area contributed by atoms with E-state index in [2.05, 4.69) is 22.0 Å². The van der Waals surface area contributed by atoms with Gasteiger partial charge in [-0.3, -0.25) is 9.78 Å². The Morgan fingerprint density at radius 3 is 2.41 bits per heavy atom. The topological polar surface area (TPSA) is 51.7 Å². The standard InChI is InChI=1S/C24H28N2O3/c27-23(24(10-13-28-14-11-24)18-5-2-1-3-6-18)26-19-8-9-20(26)16-22(15-19)29-21-7-4-12-25-17-21/h1-7,12,17,19-20,22H,8-11,13-16H2. The van der Waals surface area contributed by atoms with Crippen LogP contribution in [0, 0.1) is 0 Å². The summed E-state index contributed by atoms with van der Waals surface area (Å²) in [5.74, 6) is 1.13. The van der Waals surface area contributed by atoms with E-state index in [-0.39, 0.29) is 18.2 Å². The van der Waals surface area contributed by atoms with Crippen molar-refractivity contribution in [2.24, 2.45) is 0 Å². The lowest BCUT2D eigenvalue weighted by Crippen LogP contribution is -2.57. The van der Waals surface area contributed by atoms with Crippen molar-refractivity contribution < 1.29 is 14.3 Å². The summed E-state index contributed by atoms with van der Waals surface area (Å²) < 4.78 is 11.8. The van der Waals surface area contributed by atoms with Crippen molar-refractivity contribution in [3.8, 4) is 5.75 Å². The van der Waals surface area contributed by atoms with Crippen LogP contribution in [-0.4, -0.2) is 47.2 Å². The highest BCUT2D eigenvalue weighted by molar-refractivity contribution is 5.89. The van der Waals surface area contributed by atoms with E-state index < -0.39 is 5.41 Å². The molecule has 0 radical (unpaired) electrons. The largest absolute Gasteiger partial charge is 0.489 e. The minimum absolute atomic E-state index is 0.156. The number of rotatable bonds is 4. The van der Waals surface area contributed by atoms with Crippen molar-refractivity contribution in [1.82, 2.24) is 9.88 Å². The molecule has 3 saturated heterocycles. The molecule has 2 atom stereocenters. The fourth-order valence-electron chi connectivity index (χ4n) is 5.51. The van der Waals surface area contributed by atoms with Crippen molar-refractivity contribution >= 4 is 5.91 Å². The van der Waals surface area contributed by atoms with Gasteiger partial charge in [0.1, 0.15) is 11.9 Å². The number of carbonyl (C=O) groups excluding carboxylic acids is 1. The number of fused-ring (bicyclic) bond motifs is 2. The quantitative estimate of drug-likeness (QED) is 0.796. The molecule has 2 bridgehead atoms. The van der Waals surface area contributed by atoms with Crippen molar-refractivity contribution in [3.05, 3.63) is 60.4 Å². The second-order valence-electron chi connectivity index (χ2n) is 8.56. The van der Waals surface area contributed by atoms with Crippen molar-refractivity contribution in [2.45, 2.75) is 62.1 Å². The van der Waals surface area contributed by atoms with E-state index in [0.29, 0.717) is 19.1 Å². The Hall–Kier alpha value is -2.40. The molecule has 5 rings (SSSR count). The highest BCUT2D eigenvalue weighted by Gasteiger charge is 2.51. The van der Waals surface area contributed by atoms with Gasteiger partial charge in [0, 0.05) is 44.3 Å². The first-order chi connectivity index (χ1) is 14.3.